The molecular formula is C14H14FN3. The minimum absolute atomic E-state index is 0.295. The number of anilines is 1. The molecule has 0 aromatic carbocycles. The van der Waals surface area contributed by atoms with Crippen LogP contribution in [0.15, 0.2) is 42.9 Å². The highest BCUT2D eigenvalue weighted by Crippen LogP contribution is 2.34. The molecule has 3 heterocycles. The van der Waals surface area contributed by atoms with E-state index in [0.29, 0.717) is 6.04 Å². The van der Waals surface area contributed by atoms with Crippen molar-refractivity contribution < 1.29 is 4.39 Å². The Labute approximate surface area is 105 Å². The maximum Gasteiger partial charge on any atom is 0.141 e. The van der Waals surface area contributed by atoms with Gasteiger partial charge in [0.15, 0.2) is 0 Å². The Morgan fingerprint density at radius 3 is 2.89 bits per heavy atom. The summed E-state index contributed by atoms with van der Waals surface area (Å²) >= 11 is 0. The third-order valence-corrected chi connectivity index (χ3v) is 3.33. The quantitative estimate of drug-likeness (QED) is 0.812. The number of halogens is 1. The lowest BCUT2D eigenvalue weighted by Gasteiger charge is -2.25. The number of hydrogen-bond donors (Lipinski definition) is 0. The number of hydrogen-bond acceptors (Lipinski definition) is 3. The molecule has 18 heavy (non-hydrogen) atoms. The monoisotopic (exact) mass is 243 g/mol. The molecule has 4 heteroatoms. The van der Waals surface area contributed by atoms with Crippen molar-refractivity contribution in [3.05, 3.63) is 54.2 Å². The molecule has 0 amide bonds. The molecule has 0 aliphatic carbocycles. The van der Waals surface area contributed by atoms with Gasteiger partial charge < -0.3 is 4.90 Å². The predicted octanol–water partition coefficient (Wildman–Crippen LogP) is 2.96. The lowest BCUT2D eigenvalue weighted by atomic mass is 10.1. The minimum Gasteiger partial charge on any atom is -0.350 e. The molecule has 1 aliphatic heterocycles. The highest BCUT2D eigenvalue weighted by molar-refractivity contribution is 5.43. The van der Waals surface area contributed by atoms with Crippen molar-refractivity contribution in [2.75, 3.05) is 11.4 Å². The summed E-state index contributed by atoms with van der Waals surface area (Å²) in [5.74, 6) is 0.540. The second-order valence-corrected chi connectivity index (χ2v) is 4.47. The van der Waals surface area contributed by atoms with Crippen LogP contribution in [0.5, 0.6) is 0 Å². The maximum atomic E-state index is 12.9. The van der Waals surface area contributed by atoms with E-state index in [1.807, 2.05) is 12.3 Å². The van der Waals surface area contributed by atoms with Gasteiger partial charge in [-0.2, -0.15) is 0 Å². The fourth-order valence-electron chi connectivity index (χ4n) is 2.50. The van der Waals surface area contributed by atoms with E-state index in [1.165, 1.54) is 17.8 Å². The van der Waals surface area contributed by atoms with Gasteiger partial charge >= 0.3 is 0 Å². The second-order valence-electron chi connectivity index (χ2n) is 4.47. The first-order valence-corrected chi connectivity index (χ1v) is 6.13. The molecule has 0 unspecified atom stereocenters. The molecule has 3 rings (SSSR count). The van der Waals surface area contributed by atoms with Crippen molar-refractivity contribution in [3.63, 3.8) is 0 Å². The van der Waals surface area contributed by atoms with Gasteiger partial charge in [0.25, 0.3) is 0 Å². The van der Waals surface area contributed by atoms with E-state index in [4.69, 9.17) is 0 Å². The molecule has 1 fully saturated rings. The Morgan fingerprint density at radius 2 is 2.17 bits per heavy atom. The van der Waals surface area contributed by atoms with Gasteiger partial charge in [0, 0.05) is 18.9 Å². The van der Waals surface area contributed by atoms with E-state index in [0.717, 1.165) is 25.2 Å². The smallest absolute Gasteiger partial charge is 0.141 e. The molecule has 0 N–H and O–H groups in total. The summed E-state index contributed by atoms with van der Waals surface area (Å²) in [6, 6.07) is 7.53. The standard InChI is InChI=1S/C14H14FN3/c15-12-5-6-14(17-10-12)18-8-2-4-13(18)11-3-1-7-16-9-11/h1,3,5-7,9-10,13H,2,4,8H2/t13-/m0/s1. The number of rotatable bonds is 2. The molecule has 0 saturated carbocycles. The van der Waals surface area contributed by atoms with Gasteiger partial charge in [-0.25, -0.2) is 9.37 Å². The zero-order valence-electron chi connectivity index (χ0n) is 9.96. The van der Waals surface area contributed by atoms with Crippen molar-refractivity contribution in [2.45, 2.75) is 18.9 Å². The zero-order chi connectivity index (χ0) is 12.4. The first kappa shape index (κ1) is 11.1. The summed E-state index contributed by atoms with van der Waals surface area (Å²) in [5.41, 5.74) is 1.20. The van der Waals surface area contributed by atoms with Gasteiger partial charge in [-0.3, -0.25) is 4.98 Å². The Kier molecular flexibility index (Phi) is 2.92. The summed E-state index contributed by atoms with van der Waals surface area (Å²) in [5, 5.41) is 0. The summed E-state index contributed by atoms with van der Waals surface area (Å²) in [7, 11) is 0. The normalized spacial score (nSPS) is 19.2. The Bertz CT molecular complexity index is 512. The van der Waals surface area contributed by atoms with Gasteiger partial charge in [0.1, 0.15) is 11.6 Å². The molecular weight excluding hydrogens is 229 g/mol. The first-order valence-electron chi connectivity index (χ1n) is 6.13. The van der Waals surface area contributed by atoms with Crippen molar-refractivity contribution in [3.8, 4) is 0 Å². The molecule has 1 atom stereocenters. The van der Waals surface area contributed by atoms with E-state index in [1.54, 1.807) is 12.3 Å². The third-order valence-electron chi connectivity index (χ3n) is 3.33. The predicted molar refractivity (Wildman–Crippen MR) is 67.8 cm³/mol. The van der Waals surface area contributed by atoms with E-state index >= 15 is 0 Å². The van der Waals surface area contributed by atoms with Crippen LogP contribution in [0.4, 0.5) is 10.2 Å². The van der Waals surface area contributed by atoms with Gasteiger partial charge in [0.05, 0.1) is 12.2 Å². The molecule has 92 valence electrons. The largest absolute Gasteiger partial charge is 0.350 e. The highest BCUT2D eigenvalue weighted by atomic mass is 19.1. The zero-order valence-corrected chi connectivity index (χ0v) is 9.96. The van der Waals surface area contributed by atoms with Crippen molar-refractivity contribution >= 4 is 5.82 Å². The average Bonchev–Trinajstić information content (AvgIpc) is 2.90. The summed E-state index contributed by atoms with van der Waals surface area (Å²) in [6.45, 7) is 0.957. The van der Waals surface area contributed by atoms with Crippen LogP contribution in [-0.2, 0) is 0 Å². The number of aromatic nitrogens is 2. The van der Waals surface area contributed by atoms with Gasteiger partial charge in [-0.05, 0) is 36.6 Å². The second kappa shape index (κ2) is 4.72. The molecule has 1 saturated heterocycles. The molecule has 1 aliphatic rings. The van der Waals surface area contributed by atoms with Gasteiger partial charge in [-0.1, -0.05) is 6.07 Å². The Morgan fingerprint density at radius 1 is 1.22 bits per heavy atom. The highest BCUT2D eigenvalue weighted by Gasteiger charge is 2.26. The molecule has 0 bridgehead atoms. The lowest BCUT2D eigenvalue weighted by molar-refractivity contribution is 0.619. The van der Waals surface area contributed by atoms with Crippen LogP contribution in [0.25, 0.3) is 0 Å². The Hall–Kier alpha value is -1.97. The minimum atomic E-state index is -0.295. The number of nitrogens with zero attached hydrogens (tertiary/aromatic N) is 3. The van der Waals surface area contributed by atoms with E-state index in [-0.39, 0.29) is 5.82 Å². The topological polar surface area (TPSA) is 29.0 Å². The fraction of sp³-hybridized carbons (Fsp3) is 0.286. The van der Waals surface area contributed by atoms with Crippen LogP contribution in [0, 0.1) is 5.82 Å². The molecule has 3 nitrogen and oxygen atoms in total. The van der Waals surface area contributed by atoms with Gasteiger partial charge in [-0.15, -0.1) is 0 Å². The van der Waals surface area contributed by atoms with E-state index < -0.39 is 0 Å². The van der Waals surface area contributed by atoms with Crippen LogP contribution < -0.4 is 4.90 Å². The third kappa shape index (κ3) is 2.06. The van der Waals surface area contributed by atoms with Crippen LogP contribution in [-0.4, -0.2) is 16.5 Å². The Balaban J connectivity index is 1.90. The summed E-state index contributed by atoms with van der Waals surface area (Å²) in [4.78, 5) is 10.5. The molecule has 0 spiro atoms. The molecule has 2 aromatic heterocycles. The van der Waals surface area contributed by atoms with Crippen molar-refractivity contribution in [1.82, 2.24) is 9.97 Å². The summed E-state index contributed by atoms with van der Waals surface area (Å²) in [6.07, 6.45) is 7.16. The van der Waals surface area contributed by atoms with Gasteiger partial charge in [0.2, 0.25) is 0 Å². The summed E-state index contributed by atoms with van der Waals surface area (Å²) < 4.78 is 12.9. The number of pyridine rings is 2. The first-order chi connectivity index (χ1) is 8.84. The van der Waals surface area contributed by atoms with E-state index in [2.05, 4.69) is 20.9 Å². The average molecular weight is 243 g/mol. The SMILES string of the molecule is Fc1ccc(N2CCC[C@H]2c2cccnc2)nc1. The maximum absolute atomic E-state index is 12.9. The van der Waals surface area contributed by atoms with Crippen LogP contribution in [0.3, 0.4) is 0 Å². The van der Waals surface area contributed by atoms with Crippen molar-refractivity contribution in [1.29, 1.82) is 0 Å². The fourth-order valence-corrected chi connectivity index (χ4v) is 2.50. The lowest BCUT2D eigenvalue weighted by Crippen LogP contribution is -2.23. The van der Waals surface area contributed by atoms with E-state index in [9.17, 15) is 4.39 Å². The van der Waals surface area contributed by atoms with Crippen LogP contribution in [0.2, 0.25) is 0 Å². The molecule has 0 radical (unpaired) electrons. The van der Waals surface area contributed by atoms with Crippen LogP contribution in [0.1, 0.15) is 24.4 Å². The van der Waals surface area contributed by atoms with Crippen molar-refractivity contribution in [2.24, 2.45) is 0 Å². The van der Waals surface area contributed by atoms with Crippen LogP contribution >= 0.6 is 0 Å². The molecule has 2 aromatic rings.